The average molecular weight is 339 g/mol. The Morgan fingerprint density at radius 2 is 2.16 bits per heavy atom. The van der Waals surface area contributed by atoms with Gasteiger partial charge in [0.15, 0.2) is 6.61 Å². The molecule has 1 aromatic carbocycles. The Hall–Kier alpha value is -3.09. The predicted octanol–water partition coefficient (Wildman–Crippen LogP) is 2.34. The summed E-state index contributed by atoms with van der Waals surface area (Å²) in [5.41, 5.74) is 0.00293. The Balaban J connectivity index is 1.42. The highest BCUT2D eigenvalue weighted by atomic mass is 16.5. The van der Waals surface area contributed by atoms with Crippen molar-refractivity contribution in [1.29, 1.82) is 0 Å². The molecule has 0 saturated carbocycles. The average Bonchev–Trinajstić information content (AvgIpc) is 3.02. The highest BCUT2D eigenvalue weighted by Gasteiger charge is 2.15. The molecule has 0 aliphatic carbocycles. The molecule has 1 amide bonds. The summed E-state index contributed by atoms with van der Waals surface area (Å²) in [5.74, 6) is 1.91. The molecule has 1 aliphatic rings. The largest absolute Gasteiger partial charge is 0.484 e. The van der Waals surface area contributed by atoms with Crippen molar-refractivity contribution in [3.05, 3.63) is 52.8 Å². The molecular weight excluding hydrogens is 322 g/mol. The minimum atomic E-state index is -0.423. The van der Waals surface area contributed by atoms with Gasteiger partial charge in [0.2, 0.25) is 0 Å². The third kappa shape index (κ3) is 3.26. The Labute approximate surface area is 143 Å². The van der Waals surface area contributed by atoms with Crippen molar-refractivity contribution in [3.8, 4) is 5.75 Å². The molecule has 25 heavy (non-hydrogen) atoms. The van der Waals surface area contributed by atoms with E-state index in [1.807, 2.05) is 4.57 Å². The summed E-state index contributed by atoms with van der Waals surface area (Å²) >= 11 is 0. The highest BCUT2D eigenvalue weighted by molar-refractivity contribution is 5.91. The maximum absolute atomic E-state index is 12.1. The van der Waals surface area contributed by atoms with E-state index in [-0.39, 0.29) is 12.5 Å². The second-order valence-electron chi connectivity index (χ2n) is 5.96. The fourth-order valence-corrected chi connectivity index (χ4v) is 2.97. The molecule has 1 N–H and O–H groups in total. The van der Waals surface area contributed by atoms with Crippen molar-refractivity contribution in [2.45, 2.75) is 25.8 Å². The molecule has 2 aromatic heterocycles. The van der Waals surface area contributed by atoms with Gasteiger partial charge in [-0.3, -0.25) is 4.79 Å². The molecule has 0 unspecified atom stereocenters. The molecule has 0 fully saturated rings. The van der Waals surface area contributed by atoms with Crippen LogP contribution in [0.5, 0.6) is 5.75 Å². The van der Waals surface area contributed by atoms with Crippen LogP contribution in [0.2, 0.25) is 0 Å². The summed E-state index contributed by atoms with van der Waals surface area (Å²) in [5, 5.41) is 3.62. The number of anilines is 1. The lowest BCUT2D eigenvalue weighted by Crippen LogP contribution is -2.23. The van der Waals surface area contributed by atoms with Crippen molar-refractivity contribution in [3.63, 3.8) is 0 Å². The molecular formula is C18H17N3O4. The van der Waals surface area contributed by atoms with E-state index in [1.165, 1.54) is 6.07 Å². The summed E-state index contributed by atoms with van der Waals surface area (Å²) in [6.45, 7) is 0.735. The Morgan fingerprint density at radius 1 is 1.28 bits per heavy atom. The Kier molecular flexibility index (Phi) is 3.97. The third-order valence-corrected chi connectivity index (χ3v) is 4.20. The number of carbonyl (C=O) groups is 1. The number of rotatable bonds is 4. The molecule has 0 saturated heterocycles. The summed E-state index contributed by atoms with van der Waals surface area (Å²) in [6, 6.07) is 8.16. The lowest BCUT2D eigenvalue weighted by molar-refractivity contribution is -0.118. The number of hydrogen-bond donors (Lipinski definition) is 1. The zero-order chi connectivity index (χ0) is 17.2. The van der Waals surface area contributed by atoms with Crippen LogP contribution in [-0.4, -0.2) is 22.1 Å². The van der Waals surface area contributed by atoms with Crippen molar-refractivity contribution in [2.75, 3.05) is 11.9 Å². The molecule has 7 nitrogen and oxygen atoms in total. The SMILES string of the molecule is O=C(COc1ccc2ccc(=O)oc2c1)Nc1cnc2n1CCCC2. The first-order valence-electron chi connectivity index (χ1n) is 8.20. The van der Waals surface area contributed by atoms with Gasteiger partial charge in [-0.2, -0.15) is 0 Å². The van der Waals surface area contributed by atoms with Crippen LogP contribution in [0.25, 0.3) is 11.0 Å². The summed E-state index contributed by atoms with van der Waals surface area (Å²) in [6.07, 6.45) is 4.84. The van der Waals surface area contributed by atoms with E-state index in [0.29, 0.717) is 17.2 Å². The number of nitrogens with zero attached hydrogens (tertiary/aromatic N) is 2. The van der Waals surface area contributed by atoms with E-state index < -0.39 is 5.63 Å². The fraction of sp³-hybridized carbons (Fsp3) is 0.278. The Bertz CT molecular complexity index is 989. The van der Waals surface area contributed by atoms with E-state index in [1.54, 1.807) is 30.5 Å². The van der Waals surface area contributed by atoms with Gasteiger partial charge in [-0.1, -0.05) is 0 Å². The standard InChI is InChI=1S/C18H17N3O4/c22-17(20-16-10-19-15-3-1-2-8-21(15)16)11-24-13-6-4-12-5-7-18(23)25-14(12)9-13/h4-7,9-10H,1-3,8,11H2,(H,20,22). The summed E-state index contributed by atoms with van der Waals surface area (Å²) in [7, 11) is 0. The molecule has 3 aromatic rings. The van der Waals surface area contributed by atoms with Crippen molar-refractivity contribution in [2.24, 2.45) is 0 Å². The van der Waals surface area contributed by atoms with E-state index in [4.69, 9.17) is 9.15 Å². The van der Waals surface area contributed by atoms with Gasteiger partial charge in [-0.25, -0.2) is 9.78 Å². The van der Waals surface area contributed by atoms with Crippen molar-refractivity contribution >= 4 is 22.7 Å². The maximum Gasteiger partial charge on any atom is 0.336 e. The number of carbonyl (C=O) groups excluding carboxylic acids is 1. The molecule has 0 radical (unpaired) electrons. The smallest absolute Gasteiger partial charge is 0.336 e. The topological polar surface area (TPSA) is 86.4 Å². The third-order valence-electron chi connectivity index (χ3n) is 4.20. The van der Waals surface area contributed by atoms with Gasteiger partial charge in [0.25, 0.3) is 5.91 Å². The summed E-state index contributed by atoms with van der Waals surface area (Å²) in [4.78, 5) is 27.7. The van der Waals surface area contributed by atoms with E-state index in [9.17, 15) is 9.59 Å². The lowest BCUT2D eigenvalue weighted by Gasteiger charge is -2.16. The second-order valence-corrected chi connectivity index (χ2v) is 5.96. The number of nitrogens with one attached hydrogen (secondary N) is 1. The van der Waals surface area contributed by atoms with Crippen LogP contribution in [0.15, 0.2) is 45.7 Å². The molecule has 1 aliphatic heterocycles. The first-order valence-corrected chi connectivity index (χ1v) is 8.20. The zero-order valence-corrected chi connectivity index (χ0v) is 13.5. The number of fused-ring (bicyclic) bond motifs is 2. The van der Waals surface area contributed by atoms with Crippen LogP contribution < -0.4 is 15.7 Å². The number of aromatic nitrogens is 2. The fourth-order valence-electron chi connectivity index (χ4n) is 2.97. The first kappa shape index (κ1) is 15.4. The normalized spacial score (nSPS) is 13.4. The quantitative estimate of drug-likeness (QED) is 0.737. The van der Waals surface area contributed by atoms with Gasteiger partial charge in [0.1, 0.15) is 23.0 Å². The van der Waals surface area contributed by atoms with Gasteiger partial charge in [0.05, 0.1) is 6.20 Å². The molecule has 3 heterocycles. The molecule has 0 spiro atoms. The van der Waals surface area contributed by atoms with Crippen LogP contribution in [0.3, 0.4) is 0 Å². The van der Waals surface area contributed by atoms with Crippen LogP contribution in [-0.2, 0) is 17.8 Å². The van der Waals surface area contributed by atoms with E-state index >= 15 is 0 Å². The predicted molar refractivity (Wildman–Crippen MR) is 91.8 cm³/mol. The van der Waals surface area contributed by atoms with Crippen LogP contribution in [0.4, 0.5) is 5.82 Å². The highest BCUT2D eigenvalue weighted by Crippen LogP contribution is 2.21. The van der Waals surface area contributed by atoms with Gasteiger partial charge >= 0.3 is 5.63 Å². The monoisotopic (exact) mass is 339 g/mol. The van der Waals surface area contributed by atoms with Crippen molar-refractivity contribution < 1.29 is 13.9 Å². The maximum atomic E-state index is 12.1. The van der Waals surface area contributed by atoms with Crippen LogP contribution in [0, 0.1) is 0 Å². The second kappa shape index (κ2) is 6.43. The minimum absolute atomic E-state index is 0.136. The van der Waals surface area contributed by atoms with Gasteiger partial charge in [-0.05, 0) is 31.0 Å². The van der Waals surface area contributed by atoms with Crippen LogP contribution in [0.1, 0.15) is 18.7 Å². The lowest BCUT2D eigenvalue weighted by atomic mass is 10.2. The number of imidazole rings is 1. The molecule has 4 rings (SSSR count). The molecule has 0 bridgehead atoms. The van der Waals surface area contributed by atoms with Gasteiger partial charge in [0, 0.05) is 30.5 Å². The van der Waals surface area contributed by atoms with Gasteiger partial charge < -0.3 is 19.0 Å². The van der Waals surface area contributed by atoms with E-state index in [0.717, 1.165) is 37.0 Å². The van der Waals surface area contributed by atoms with Gasteiger partial charge in [-0.15, -0.1) is 0 Å². The summed E-state index contributed by atoms with van der Waals surface area (Å²) < 4.78 is 12.6. The van der Waals surface area contributed by atoms with Crippen LogP contribution >= 0.6 is 0 Å². The zero-order valence-electron chi connectivity index (χ0n) is 13.5. The van der Waals surface area contributed by atoms with E-state index in [2.05, 4.69) is 10.3 Å². The van der Waals surface area contributed by atoms with Crippen molar-refractivity contribution in [1.82, 2.24) is 9.55 Å². The minimum Gasteiger partial charge on any atom is -0.484 e. The molecule has 0 atom stereocenters. The number of benzene rings is 1. The number of ether oxygens (including phenoxy) is 1. The molecule has 7 heteroatoms. The molecule has 128 valence electrons. The number of hydrogen-bond acceptors (Lipinski definition) is 5. The first-order chi connectivity index (χ1) is 12.2. The number of amides is 1. The number of aryl methyl sites for hydroxylation is 1. The Morgan fingerprint density at radius 3 is 3.08 bits per heavy atom.